The lowest BCUT2D eigenvalue weighted by molar-refractivity contribution is -0.387. The van der Waals surface area contributed by atoms with Gasteiger partial charge in [-0.05, 0) is 12.5 Å². The zero-order valence-electron chi connectivity index (χ0n) is 11.5. The summed E-state index contributed by atoms with van der Waals surface area (Å²) in [5, 5.41) is 13.6. The van der Waals surface area contributed by atoms with Crippen LogP contribution in [0.15, 0.2) is 23.1 Å². The van der Waals surface area contributed by atoms with E-state index in [1.807, 2.05) is 6.92 Å². The molecule has 0 spiro atoms. The minimum absolute atomic E-state index is 0.159. The van der Waals surface area contributed by atoms with Gasteiger partial charge < -0.3 is 5.32 Å². The fourth-order valence-corrected chi connectivity index (χ4v) is 3.86. The second-order valence-electron chi connectivity index (χ2n) is 4.80. The van der Waals surface area contributed by atoms with E-state index in [0.717, 1.165) is 12.1 Å². The molecule has 1 saturated heterocycles. The molecule has 0 amide bonds. The van der Waals surface area contributed by atoms with E-state index in [-0.39, 0.29) is 10.9 Å². The number of hydrogen-bond acceptors (Lipinski definition) is 5. The predicted octanol–water partition coefficient (Wildman–Crippen LogP) is 1.11. The summed E-state index contributed by atoms with van der Waals surface area (Å²) in [6.07, 6.45) is 0.630. The molecule has 0 atom stereocenters. The van der Waals surface area contributed by atoms with E-state index in [0.29, 0.717) is 32.1 Å². The molecule has 0 saturated carbocycles. The Morgan fingerprint density at radius 2 is 2.14 bits per heavy atom. The molecule has 0 aliphatic carbocycles. The van der Waals surface area contributed by atoms with Crippen molar-refractivity contribution in [3.05, 3.63) is 34.1 Å². The van der Waals surface area contributed by atoms with Crippen molar-refractivity contribution < 1.29 is 17.7 Å². The van der Waals surface area contributed by atoms with Gasteiger partial charge in [0.25, 0.3) is 0 Å². The highest BCUT2D eigenvalue weighted by atomic mass is 32.2. The van der Waals surface area contributed by atoms with E-state index in [2.05, 4.69) is 5.32 Å². The Hall–Kier alpha value is -1.58. The maximum absolute atomic E-state index is 13.6. The molecule has 116 valence electrons. The first kappa shape index (κ1) is 15.8. The summed E-state index contributed by atoms with van der Waals surface area (Å²) in [7, 11) is -3.86. The van der Waals surface area contributed by atoms with Gasteiger partial charge in [0.05, 0.1) is 15.9 Å². The summed E-state index contributed by atoms with van der Waals surface area (Å²) < 4.78 is 40.1. The van der Waals surface area contributed by atoms with E-state index < -0.39 is 26.5 Å². The fourth-order valence-electron chi connectivity index (χ4n) is 2.13. The number of halogens is 1. The van der Waals surface area contributed by atoms with E-state index in [1.165, 1.54) is 4.31 Å². The molecule has 1 N–H and O–H groups in total. The molecule has 1 fully saturated rings. The zero-order chi connectivity index (χ0) is 15.6. The van der Waals surface area contributed by atoms with Gasteiger partial charge in [-0.3, -0.25) is 10.1 Å². The summed E-state index contributed by atoms with van der Waals surface area (Å²) in [5.74, 6) is -1.15. The Bertz CT molecular complexity index is 646. The van der Waals surface area contributed by atoms with Crippen LogP contribution in [0.4, 0.5) is 10.1 Å². The number of sulfonamides is 1. The van der Waals surface area contributed by atoms with Crippen molar-refractivity contribution in [1.29, 1.82) is 0 Å². The number of rotatable bonds is 6. The molecule has 7 nitrogen and oxygen atoms in total. The number of nitro benzene ring substituents is 1. The Kier molecular flexibility index (Phi) is 4.55. The standard InChI is InChI=1S/C12H16FN3O4S/c1-2-5-15(9-7-14-8-9)21(19,20)10-3-4-12(16(17)18)11(13)6-10/h3-4,6,9,14H,2,5,7-8H2,1H3. The van der Waals surface area contributed by atoms with Crippen LogP contribution in [0.1, 0.15) is 13.3 Å². The highest BCUT2D eigenvalue weighted by Crippen LogP contribution is 2.25. The third-order valence-electron chi connectivity index (χ3n) is 3.33. The van der Waals surface area contributed by atoms with Gasteiger partial charge >= 0.3 is 5.69 Å². The maximum Gasteiger partial charge on any atom is 0.304 e. The van der Waals surface area contributed by atoms with Crippen LogP contribution in [0, 0.1) is 15.9 Å². The summed E-state index contributed by atoms with van der Waals surface area (Å²) in [5.41, 5.74) is -0.735. The third kappa shape index (κ3) is 3.04. The van der Waals surface area contributed by atoms with Crippen LogP contribution in [-0.4, -0.2) is 43.3 Å². The highest BCUT2D eigenvalue weighted by molar-refractivity contribution is 7.89. The van der Waals surface area contributed by atoms with E-state index in [1.54, 1.807) is 0 Å². The summed E-state index contributed by atoms with van der Waals surface area (Å²) in [6, 6.07) is 2.51. The monoisotopic (exact) mass is 317 g/mol. The molecule has 1 aromatic carbocycles. The molecule has 0 radical (unpaired) electrons. The number of benzene rings is 1. The zero-order valence-corrected chi connectivity index (χ0v) is 12.3. The minimum Gasteiger partial charge on any atom is -0.313 e. The van der Waals surface area contributed by atoms with Gasteiger partial charge in [-0.25, -0.2) is 8.42 Å². The average molecular weight is 317 g/mol. The Morgan fingerprint density at radius 3 is 2.57 bits per heavy atom. The first-order valence-corrected chi connectivity index (χ1v) is 7.98. The first-order valence-electron chi connectivity index (χ1n) is 6.54. The number of hydrogen-bond donors (Lipinski definition) is 1. The number of nitrogens with zero attached hydrogens (tertiary/aromatic N) is 2. The molecule has 2 rings (SSSR count). The normalized spacial score (nSPS) is 16.0. The molecule has 21 heavy (non-hydrogen) atoms. The molecule has 1 heterocycles. The molecule has 0 aromatic heterocycles. The van der Waals surface area contributed by atoms with Gasteiger partial charge in [-0.2, -0.15) is 8.70 Å². The minimum atomic E-state index is -3.86. The van der Waals surface area contributed by atoms with Crippen molar-refractivity contribution in [2.24, 2.45) is 0 Å². The Labute approximate surface area is 122 Å². The van der Waals surface area contributed by atoms with Crippen LogP contribution in [-0.2, 0) is 10.0 Å². The van der Waals surface area contributed by atoms with Crippen molar-refractivity contribution >= 4 is 15.7 Å². The number of nitro groups is 1. The predicted molar refractivity (Wildman–Crippen MR) is 73.9 cm³/mol. The summed E-state index contributed by atoms with van der Waals surface area (Å²) >= 11 is 0. The van der Waals surface area contributed by atoms with Gasteiger partial charge in [0.1, 0.15) is 0 Å². The molecule has 1 aliphatic heterocycles. The lowest BCUT2D eigenvalue weighted by Gasteiger charge is -2.37. The second-order valence-corrected chi connectivity index (χ2v) is 6.69. The topological polar surface area (TPSA) is 92.6 Å². The molecular formula is C12H16FN3O4S. The van der Waals surface area contributed by atoms with Crippen LogP contribution < -0.4 is 5.32 Å². The highest BCUT2D eigenvalue weighted by Gasteiger charge is 2.35. The van der Waals surface area contributed by atoms with Gasteiger partial charge in [0, 0.05) is 31.8 Å². The average Bonchev–Trinajstić information content (AvgIpc) is 2.35. The number of nitrogens with one attached hydrogen (secondary N) is 1. The summed E-state index contributed by atoms with van der Waals surface area (Å²) in [4.78, 5) is 9.44. The van der Waals surface area contributed by atoms with Crippen molar-refractivity contribution in [3.8, 4) is 0 Å². The lowest BCUT2D eigenvalue weighted by atomic mass is 10.2. The maximum atomic E-state index is 13.6. The van der Waals surface area contributed by atoms with E-state index in [4.69, 9.17) is 0 Å². The van der Waals surface area contributed by atoms with Gasteiger partial charge in [0.15, 0.2) is 0 Å². The SMILES string of the molecule is CCCN(C1CNC1)S(=O)(=O)c1ccc([N+](=O)[O-])c(F)c1. The largest absolute Gasteiger partial charge is 0.313 e. The Morgan fingerprint density at radius 1 is 1.48 bits per heavy atom. The van der Waals surface area contributed by atoms with Crippen molar-refractivity contribution in [1.82, 2.24) is 9.62 Å². The smallest absolute Gasteiger partial charge is 0.304 e. The van der Waals surface area contributed by atoms with Crippen molar-refractivity contribution in [2.75, 3.05) is 19.6 Å². The van der Waals surface area contributed by atoms with Crippen molar-refractivity contribution in [2.45, 2.75) is 24.3 Å². The van der Waals surface area contributed by atoms with Crippen LogP contribution in [0.25, 0.3) is 0 Å². The molecule has 1 aromatic rings. The van der Waals surface area contributed by atoms with E-state index >= 15 is 0 Å². The molecule has 1 aliphatic rings. The Balaban J connectivity index is 2.37. The first-order chi connectivity index (χ1) is 9.87. The summed E-state index contributed by atoms with van der Waals surface area (Å²) in [6.45, 7) is 3.28. The quantitative estimate of drug-likeness (QED) is 0.626. The lowest BCUT2D eigenvalue weighted by Crippen LogP contribution is -2.58. The van der Waals surface area contributed by atoms with E-state index in [9.17, 15) is 22.9 Å². The molecular weight excluding hydrogens is 301 g/mol. The van der Waals surface area contributed by atoms with Crippen molar-refractivity contribution in [3.63, 3.8) is 0 Å². The van der Waals surface area contributed by atoms with Crippen LogP contribution in [0.3, 0.4) is 0 Å². The van der Waals surface area contributed by atoms with Gasteiger partial charge in [-0.15, -0.1) is 0 Å². The fraction of sp³-hybridized carbons (Fsp3) is 0.500. The molecule has 0 unspecified atom stereocenters. The van der Waals surface area contributed by atoms with Crippen LogP contribution in [0.5, 0.6) is 0 Å². The van der Waals surface area contributed by atoms with Gasteiger partial charge in [-0.1, -0.05) is 6.92 Å². The molecule has 0 bridgehead atoms. The second kappa shape index (κ2) is 6.04. The van der Waals surface area contributed by atoms with Gasteiger partial charge in [0.2, 0.25) is 15.8 Å². The van der Waals surface area contributed by atoms with Crippen LogP contribution in [0.2, 0.25) is 0 Å². The molecule has 9 heteroatoms. The van der Waals surface area contributed by atoms with Crippen LogP contribution >= 0.6 is 0 Å². The third-order valence-corrected chi connectivity index (χ3v) is 5.28.